The van der Waals surface area contributed by atoms with E-state index >= 15 is 0 Å². The maximum Gasteiger partial charge on any atom is 0.142 e. The van der Waals surface area contributed by atoms with E-state index in [2.05, 4.69) is 10.6 Å². The molecule has 0 saturated carbocycles. The summed E-state index contributed by atoms with van der Waals surface area (Å²) < 4.78 is 5.31. The lowest BCUT2D eigenvalue weighted by Gasteiger charge is -2.27. The molecule has 2 atom stereocenters. The van der Waals surface area contributed by atoms with Gasteiger partial charge in [0.05, 0.1) is 18.3 Å². The summed E-state index contributed by atoms with van der Waals surface area (Å²) in [6.45, 7) is 1.74. The van der Waals surface area contributed by atoms with Crippen molar-refractivity contribution in [3.05, 3.63) is 23.8 Å². The van der Waals surface area contributed by atoms with Crippen molar-refractivity contribution in [1.29, 1.82) is 0 Å². The Kier molecular flexibility index (Phi) is 2.09. The Morgan fingerprint density at radius 2 is 2.38 bits per heavy atom. The van der Waals surface area contributed by atoms with Gasteiger partial charge in [-0.1, -0.05) is 12.1 Å². The van der Waals surface area contributed by atoms with Crippen molar-refractivity contribution in [2.24, 2.45) is 0 Å². The third-order valence-corrected chi connectivity index (χ3v) is 3.66. The molecule has 0 aromatic heterocycles. The number of anilines is 1. The molecule has 2 aliphatic rings. The molecule has 0 aliphatic carbocycles. The number of para-hydroxylation sites is 1. The van der Waals surface area contributed by atoms with Gasteiger partial charge in [0, 0.05) is 12.1 Å². The molecule has 1 spiro atoms. The van der Waals surface area contributed by atoms with E-state index in [-0.39, 0.29) is 5.54 Å². The van der Waals surface area contributed by atoms with Crippen molar-refractivity contribution in [3.8, 4) is 5.75 Å². The highest BCUT2D eigenvalue weighted by Crippen LogP contribution is 2.47. The number of aliphatic hydroxyl groups is 1. The molecule has 1 aromatic rings. The lowest BCUT2D eigenvalue weighted by atomic mass is 9.91. The van der Waals surface area contributed by atoms with E-state index in [9.17, 15) is 5.11 Å². The van der Waals surface area contributed by atoms with Crippen molar-refractivity contribution in [1.82, 2.24) is 5.32 Å². The molecule has 3 N–H and O–H groups in total. The number of benzene rings is 1. The van der Waals surface area contributed by atoms with Gasteiger partial charge in [0.2, 0.25) is 0 Å². The van der Waals surface area contributed by atoms with Crippen LogP contribution in [-0.4, -0.2) is 30.8 Å². The summed E-state index contributed by atoms with van der Waals surface area (Å²) in [5.74, 6) is 0.806. The van der Waals surface area contributed by atoms with Gasteiger partial charge in [-0.25, -0.2) is 0 Å². The molecule has 86 valence electrons. The van der Waals surface area contributed by atoms with Crippen molar-refractivity contribution in [2.75, 3.05) is 25.5 Å². The maximum atomic E-state index is 10.4. The largest absolute Gasteiger partial charge is 0.495 e. The number of ether oxygens (including phenoxy) is 1. The molecule has 1 fully saturated rings. The number of hydrogen-bond acceptors (Lipinski definition) is 4. The summed E-state index contributed by atoms with van der Waals surface area (Å²) in [4.78, 5) is 0. The smallest absolute Gasteiger partial charge is 0.142 e. The number of fused-ring (bicyclic) bond motifs is 1. The standard InChI is InChI=1S/C12H16N2O2/c1-16-9-4-2-3-8-10(9)14-12(11(8)15)5-6-13-7-12/h2-4,11,13-15H,5-7H2,1H3. The first-order chi connectivity index (χ1) is 7.77. The Hall–Kier alpha value is -1.26. The summed E-state index contributed by atoms with van der Waals surface area (Å²) >= 11 is 0. The molecule has 0 bridgehead atoms. The second-order valence-corrected chi connectivity index (χ2v) is 4.53. The van der Waals surface area contributed by atoms with Gasteiger partial charge in [-0.2, -0.15) is 0 Å². The van der Waals surface area contributed by atoms with E-state index in [0.29, 0.717) is 0 Å². The number of methoxy groups -OCH3 is 1. The molecule has 2 aliphatic heterocycles. The van der Waals surface area contributed by atoms with Crippen LogP contribution in [0.2, 0.25) is 0 Å². The number of rotatable bonds is 1. The third-order valence-electron chi connectivity index (χ3n) is 3.66. The SMILES string of the molecule is COc1cccc2c1NC1(CCNC1)C2O. The monoisotopic (exact) mass is 220 g/mol. The zero-order valence-corrected chi connectivity index (χ0v) is 9.29. The van der Waals surface area contributed by atoms with Gasteiger partial charge < -0.3 is 20.5 Å². The summed E-state index contributed by atoms with van der Waals surface area (Å²) in [7, 11) is 1.65. The first-order valence-electron chi connectivity index (χ1n) is 5.61. The minimum Gasteiger partial charge on any atom is -0.495 e. The number of hydrogen-bond donors (Lipinski definition) is 3. The van der Waals surface area contributed by atoms with E-state index in [4.69, 9.17) is 4.74 Å². The highest BCUT2D eigenvalue weighted by atomic mass is 16.5. The molecule has 1 aromatic carbocycles. The average molecular weight is 220 g/mol. The van der Waals surface area contributed by atoms with Crippen LogP contribution in [0.1, 0.15) is 18.1 Å². The maximum absolute atomic E-state index is 10.4. The first kappa shape index (κ1) is 9.93. The van der Waals surface area contributed by atoms with E-state index in [1.807, 2.05) is 18.2 Å². The second-order valence-electron chi connectivity index (χ2n) is 4.53. The summed E-state index contributed by atoms with van der Waals surface area (Å²) in [6, 6.07) is 5.80. The Balaban J connectivity index is 2.06. The topological polar surface area (TPSA) is 53.5 Å². The van der Waals surface area contributed by atoms with Gasteiger partial charge in [0.25, 0.3) is 0 Å². The van der Waals surface area contributed by atoms with Gasteiger partial charge in [-0.3, -0.25) is 0 Å². The molecule has 2 heterocycles. The Morgan fingerprint density at radius 1 is 1.50 bits per heavy atom. The Morgan fingerprint density at radius 3 is 3.06 bits per heavy atom. The molecule has 0 amide bonds. The van der Waals surface area contributed by atoms with E-state index in [1.54, 1.807) is 7.11 Å². The average Bonchev–Trinajstić information content (AvgIpc) is 2.88. The molecule has 1 saturated heterocycles. The summed E-state index contributed by atoms with van der Waals surface area (Å²) in [6.07, 6.45) is 0.485. The van der Waals surface area contributed by atoms with Crippen molar-refractivity contribution in [3.63, 3.8) is 0 Å². The van der Waals surface area contributed by atoms with Crippen LogP contribution in [0.4, 0.5) is 5.69 Å². The number of aliphatic hydroxyl groups excluding tert-OH is 1. The lowest BCUT2D eigenvalue weighted by molar-refractivity contribution is 0.118. The molecule has 2 unspecified atom stereocenters. The molecule has 0 radical (unpaired) electrons. The zero-order chi connectivity index (χ0) is 11.2. The zero-order valence-electron chi connectivity index (χ0n) is 9.29. The minimum atomic E-state index is -0.451. The van der Waals surface area contributed by atoms with Crippen LogP contribution in [-0.2, 0) is 0 Å². The lowest BCUT2D eigenvalue weighted by Crippen LogP contribution is -2.41. The predicted molar refractivity (Wildman–Crippen MR) is 61.8 cm³/mol. The van der Waals surface area contributed by atoms with Crippen LogP contribution in [0.3, 0.4) is 0 Å². The van der Waals surface area contributed by atoms with Crippen LogP contribution >= 0.6 is 0 Å². The van der Waals surface area contributed by atoms with Crippen LogP contribution in [0.5, 0.6) is 5.75 Å². The minimum absolute atomic E-state index is 0.239. The predicted octanol–water partition coefficient (Wildman–Crippen LogP) is 0.886. The fourth-order valence-electron chi connectivity index (χ4n) is 2.75. The fraction of sp³-hybridized carbons (Fsp3) is 0.500. The number of nitrogens with one attached hydrogen (secondary N) is 2. The van der Waals surface area contributed by atoms with Crippen molar-refractivity contribution >= 4 is 5.69 Å². The highest BCUT2D eigenvalue weighted by molar-refractivity contribution is 5.69. The van der Waals surface area contributed by atoms with Crippen molar-refractivity contribution < 1.29 is 9.84 Å². The van der Waals surface area contributed by atoms with Gasteiger partial charge in [-0.15, -0.1) is 0 Å². The van der Waals surface area contributed by atoms with Crippen LogP contribution in [0.15, 0.2) is 18.2 Å². The normalized spacial score (nSPS) is 31.5. The van der Waals surface area contributed by atoms with Crippen molar-refractivity contribution in [2.45, 2.75) is 18.1 Å². The van der Waals surface area contributed by atoms with Gasteiger partial charge in [0.1, 0.15) is 11.9 Å². The Bertz CT molecular complexity index is 413. The molecule has 3 rings (SSSR count). The van der Waals surface area contributed by atoms with Crippen LogP contribution < -0.4 is 15.4 Å². The van der Waals surface area contributed by atoms with Gasteiger partial charge in [0.15, 0.2) is 0 Å². The quantitative estimate of drug-likeness (QED) is 0.658. The van der Waals surface area contributed by atoms with Crippen LogP contribution in [0.25, 0.3) is 0 Å². The van der Waals surface area contributed by atoms with E-state index in [1.165, 1.54) is 0 Å². The highest BCUT2D eigenvalue weighted by Gasteiger charge is 2.47. The first-order valence-corrected chi connectivity index (χ1v) is 5.61. The summed E-state index contributed by atoms with van der Waals surface area (Å²) in [5, 5.41) is 17.1. The Labute approximate surface area is 94.6 Å². The fourth-order valence-corrected chi connectivity index (χ4v) is 2.75. The molecular weight excluding hydrogens is 204 g/mol. The second kappa shape index (κ2) is 3.37. The molecule has 4 heteroatoms. The van der Waals surface area contributed by atoms with Gasteiger partial charge in [-0.05, 0) is 19.0 Å². The third kappa shape index (κ3) is 1.17. The van der Waals surface area contributed by atoms with Crippen LogP contribution in [0, 0.1) is 0 Å². The molecular formula is C12H16N2O2. The van der Waals surface area contributed by atoms with E-state index < -0.39 is 6.10 Å². The van der Waals surface area contributed by atoms with Gasteiger partial charge >= 0.3 is 0 Å². The summed E-state index contributed by atoms with van der Waals surface area (Å²) in [5.41, 5.74) is 1.65. The molecule has 16 heavy (non-hydrogen) atoms. The molecule has 4 nitrogen and oxygen atoms in total. The van der Waals surface area contributed by atoms with E-state index in [0.717, 1.165) is 36.5 Å².